The van der Waals surface area contributed by atoms with Gasteiger partial charge in [-0.05, 0) is 0 Å². The molecule has 0 aromatic carbocycles. The molecule has 114 valence electrons. The number of hydrogen-bond acceptors (Lipinski definition) is 8. The number of aromatic nitrogens is 4. The Bertz CT molecular complexity index is 713. The molecule has 3 heterocycles. The predicted molar refractivity (Wildman–Crippen MR) is 70.7 cm³/mol. The maximum atomic E-state index is 11.8. The summed E-state index contributed by atoms with van der Waals surface area (Å²) in [7, 11) is 1.59. The summed E-state index contributed by atoms with van der Waals surface area (Å²) in [6.45, 7) is -0.433. The van der Waals surface area contributed by atoms with Crippen LogP contribution >= 0.6 is 0 Å². The number of rotatable bonds is 3. The van der Waals surface area contributed by atoms with Crippen molar-refractivity contribution in [2.24, 2.45) is 0 Å². The first-order valence-electron chi connectivity index (χ1n) is 6.34. The number of fused-ring (bicyclic) bond motifs is 1. The Balaban J connectivity index is 2.09. The van der Waals surface area contributed by atoms with Gasteiger partial charge in [-0.25, -0.2) is 4.98 Å². The molecule has 10 heteroatoms. The van der Waals surface area contributed by atoms with E-state index in [1.165, 1.54) is 10.9 Å². The number of anilines is 1. The van der Waals surface area contributed by atoms with Gasteiger partial charge in [0.2, 0.25) is 5.95 Å². The third-order valence-electron chi connectivity index (χ3n) is 3.46. The van der Waals surface area contributed by atoms with E-state index in [4.69, 9.17) is 9.84 Å². The largest absolute Gasteiger partial charge is 0.394 e. The SMILES string of the molecule is CNc1nc2c(ncn2[C@@H]2O[C@H](CO)[C@H](O)[C@H]2O)c(=O)[nH]1. The lowest BCUT2D eigenvalue weighted by molar-refractivity contribution is -0.0511. The van der Waals surface area contributed by atoms with Gasteiger partial charge in [0.05, 0.1) is 12.9 Å². The van der Waals surface area contributed by atoms with Crippen molar-refractivity contribution in [3.05, 3.63) is 16.7 Å². The highest BCUT2D eigenvalue weighted by Gasteiger charge is 2.44. The normalized spacial score (nSPS) is 29.1. The van der Waals surface area contributed by atoms with Crippen molar-refractivity contribution in [3.8, 4) is 0 Å². The number of aromatic amines is 1. The van der Waals surface area contributed by atoms with Gasteiger partial charge in [0.25, 0.3) is 5.56 Å². The summed E-state index contributed by atoms with van der Waals surface area (Å²) in [4.78, 5) is 22.5. The quantitative estimate of drug-likeness (QED) is 0.428. The number of hydrogen-bond donors (Lipinski definition) is 5. The predicted octanol–water partition coefficient (Wildman–Crippen LogP) is -2.23. The highest BCUT2D eigenvalue weighted by atomic mass is 16.6. The smallest absolute Gasteiger partial charge is 0.280 e. The van der Waals surface area contributed by atoms with Crippen LogP contribution in [-0.2, 0) is 4.74 Å². The molecule has 0 amide bonds. The third-order valence-corrected chi connectivity index (χ3v) is 3.46. The highest BCUT2D eigenvalue weighted by Crippen LogP contribution is 2.30. The van der Waals surface area contributed by atoms with E-state index in [1.807, 2.05) is 0 Å². The summed E-state index contributed by atoms with van der Waals surface area (Å²) in [6, 6.07) is 0. The van der Waals surface area contributed by atoms with Crippen LogP contribution in [0.15, 0.2) is 11.1 Å². The fraction of sp³-hybridized carbons (Fsp3) is 0.545. The second kappa shape index (κ2) is 5.07. The van der Waals surface area contributed by atoms with Crippen molar-refractivity contribution in [3.63, 3.8) is 0 Å². The van der Waals surface area contributed by atoms with Gasteiger partial charge in [-0.1, -0.05) is 0 Å². The number of nitrogens with zero attached hydrogens (tertiary/aromatic N) is 3. The minimum atomic E-state index is -1.27. The Kier molecular flexibility index (Phi) is 3.37. The maximum absolute atomic E-state index is 11.8. The van der Waals surface area contributed by atoms with E-state index in [2.05, 4.69) is 20.3 Å². The maximum Gasteiger partial charge on any atom is 0.280 e. The van der Waals surface area contributed by atoms with Gasteiger partial charge in [-0.3, -0.25) is 14.3 Å². The molecule has 21 heavy (non-hydrogen) atoms. The van der Waals surface area contributed by atoms with Crippen LogP contribution in [0.25, 0.3) is 11.2 Å². The second-order valence-corrected chi connectivity index (χ2v) is 4.72. The van der Waals surface area contributed by atoms with Crippen LogP contribution < -0.4 is 10.9 Å². The summed E-state index contributed by atoms with van der Waals surface area (Å²) in [5.41, 5.74) is -0.139. The summed E-state index contributed by atoms with van der Waals surface area (Å²) >= 11 is 0. The molecule has 1 saturated heterocycles. The van der Waals surface area contributed by atoms with Crippen molar-refractivity contribution in [1.29, 1.82) is 0 Å². The summed E-state index contributed by atoms with van der Waals surface area (Å²) in [5, 5.41) is 31.6. The van der Waals surface area contributed by atoms with E-state index in [-0.39, 0.29) is 17.1 Å². The van der Waals surface area contributed by atoms with Gasteiger partial charge in [-0.15, -0.1) is 0 Å². The van der Waals surface area contributed by atoms with E-state index in [0.717, 1.165) is 0 Å². The molecule has 0 aliphatic carbocycles. The molecule has 2 aromatic rings. The van der Waals surface area contributed by atoms with Crippen LogP contribution in [0.5, 0.6) is 0 Å². The Morgan fingerprint density at radius 2 is 2.24 bits per heavy atom. The van der Waals surface area contributed by atoms with Crippen LogP contribution in [0.4, 0.5) is 5.95 Å². The summed E-state index contributed by atoms with van der Waals surface area (Å²) < 4.78 is 6.76. The van der Waals surface area contributed by atoms with Gasteiger partial charge in [0.1, 0.15) is 18.3 Å². The van der Waals surface area contributed by atoms with Gasteiger partial charge < -0.3 is 25.4 Å². The molecule has 0 unspecified atom stereocenters. The van der Waals surface area contributed by atoms with Gasteiger partial charge in [0.15, 0.2) is 17.4 Å². The molecular formula is C11H15N5O5. The summed E-state index contributed by atoms with van der Waals surface area (Å²) in [6.07, 6.45) is -3.09. The molecule has 0 spiro atoms. The zero-order valence-electron chi connectivity index (χ0n) is 11.1. The number of nitrogens with one attached hydrogen (secondary N) is 2. The van der Waals surface area contributed by atoms with Crippen molar-refractivity contribution in [2.45, 2.75) is 24.5 Å². The molecular weight excluding hydrogens is 282 g/mol. The van der Waals surface area contributed by atoms with Crippen molar-refractivity contribution < 1.29 is 20.1 Å². The van der Waals surface area contributed by atoms with Crippen LogP contribution in [0.3, 0.4) is 0 Å². The minimum Gasteiger partial charge on any atom is -0.394 e. The van der Waals surface area contributed by atoms with E-state index in [0.29, 0.717) is 0 Å². The first kappa shape index (κ1) is 13.9. The standard InChI is InChI=1S/C11H15N5O5/c1-12-11-14-8-5(9(20)15-11)13-3-16(8)10-7(19)6(18)4(2-17)21-10/h3-4,6-7,10,17-19H,2H2,1H3,(H2,12,14,15,20)/t4-,6+,7-,10-/m1/s1. The number of ether oxygens (including phenoxy) is 1. The Morgan fingerprint density at radius 1 is 1.48 bits per heavy atom. The number of H-pyrrole nitrogens is 1. The Labute approximate surface area is 118 Å². The van der Waals surface area contributed by atoms with Crippen molar-refractivity contribution in [2.75, 3.05) is 19.0 Å². The van der Waals surface area contributed by atoms with Crippen molar-refractivity contribution in [1.82, 2.24) is 19.5 Å². The monoisotopic (exact) mass is 297 g/mol. The molecule has 4 atom stereocenters. The molecule has 5 N–H and O–H groups in total. The molecule has 0 radical (unpaired) electrons. The van der Waals surface area contributed by atoms with E-state index in [1.54, 1.807) is 7.05 Å². The molecule has 2 aromatic heterocycles. The van der Waals surface area contributed by atoms with Gasteiger partial charge >= 0.3 is 0 Å². The fourth-order valence-corrected chi connectivity index (χ4v) is 2.34. The highest BCUT2D eigenvalue weighted by molar-refractivity contribution is 5.70. The van der Waals surface area contributed by atoms with Crippen molar-refractivity contribution >= 4 is 17.1 Å². The molecule has 1 fully saturated rings. The minimum absolute atomic E-state index is 0.0896. The molecule has 3 rings (SSSR count). The van der Waals surface area contributed by atoms with E-state index in [9.17, 15) is 15.0 Å². The van der Waals surface area contributed by atoms with Gasteiger partial charge in [0, 0.05) is 7.05 Å². The zero-order valence-corrected chi connectivity index (χ0v) is 11.1. The molecule has 0 saturated carbocycles. The molecule has 10 nitrogen and oxygen atoms in total. The molecule has 1 aliphatic heterocycles. The zero-order chi connectivity index (χ0) is 15.1. The molecule has 0 bridgehead atoms. The lowest BCUT2D eigenvalue weighted by Gasteiger charge is -2.16. The van der Waals surface area contributed by atoms with Crippen LogP contribution in [0.1, 0.15) is 6.23 Å². The topological polar surface area (TPSA) is 146 Å². The van der Waals surface area contributed by atoms with Gasteiger partial charge in [-0.2, -0.15) is 4.98 Å². The number of aliphatic hydroxyl groups excluding tert-OH is 3. The Morgan fingerprint density at radius 3 is 2.86 bits per heavy atom. The lowest BCUT2D eigenvalue weighted by Crippen LogP contribution is -2.33. The fourth-order valence-electron chi connectivity index (χ4n) is 2.34. The van der Waals surface area contributed by atoms with E-state index >= 15 is 0 Å². The average Bonchev–Trinajstić information content (AvgIpc) is 3.02. The van der Waals surface area contributed by atoms with Crippen LogP contribution in [0, 0.1) is 0 Å². The van der Waals surface area contributed by atoms with Crippen LogP contribution in [-0.4, -0.2) is 66.8 Å². The number of imidazole rings is 1. The number of aliphatic hydroxyl groups is 3. The average molecular weight is 297 g/mol. The summed E-state index contributed by atoms with van der Waals surface area (Å²) in [5.74, 6) is 0.237. The lowest BCUT2D eigenvalue weighted by atomic mass is 10.1. The second-order valence-electron chi connectivity index (χ2n) is 4.72. The van der Waals surface area contributed by atoms with Crippen LogP contribution in [0.2, 0.25) is 0 Å². The Hall–Kier alpha value is -2.01. The molecule has 1 aliphatic rings. The first-order chi connectivity index (χ1) is 10.1. The third kappa shape index (κ3) is 2.08. The first-order valence-corrected chi connectivity index (χ1v) is 6.34. The van der Waals surface area contributed by atoms with E-state index < -0.39 is 36.7 Å².